The lowest BCUT2D eigenvalue weighted by molar-refractivity contribution is 0.259. The Kier molecular flexibility index (Phi) is 4.28. The Morgan fingerprint density at radius 2 is 1.95 bits per heavy atom. The number of hydrogen-bond acceptors (Lipinski definition) is 3. The third-order valence-corrected chi connectivity index (χ3v) is 4.60. The standard InChI is InChI=1S/C17H19NOS/c1-18-11-13-6-8-16(9-7-13)20-12-15-10-14-4-2-3-5-17(14)19-15/h2-9,15,18H,10-12H2,1H3. The lowest BCUT2D eigenvalue weighted by Gasteiger charge is -2.10. The van der Waals surface area contributed by atoms with Gasteiger partial charge in [-0.3, -0.25) is 0 Å². The summed E-state index contributed by atoms with van der Waals surface area (Å²) in [5.74, 6) is 2.06. The topological polar surface area (TPSA) is 21.3 Å². The Morgan fingerprint density at radius 3 is 2.70 bits per heavy atom. The molecule has 2 aromatic carbocycles. The molecule has 1 atom stereocenters. The van der Waals surface area contributed by atoms with E-state index in [1.54, 1.807) is 0 Å². The second-order valence-electron chi connectivity index (χ2n) is 5.04. The van der Waals surface area contributed by atoms with Crippen molar-refractivity contribution in [1.29, 1.82) is 0 Å². The summed E-state index contributed by atoms with van der Waals surface area (Å²) in [5, 5.41) is 3.16. The molecule has 0 bridgehead atoms. The van der Waals surface area contributed by atoms with E-state index in [1.165, 1.54) is 16.0 Å². The van der Waals surface area contributed by atoms with Crippen LogP contribution in [0, 0.1) is 0 Å². The molecular weight excluding hydrogens is 266 g/mol. The van der Waals surface area contributed by atoms with Crippen LogP contribution in [-0.4, -0.2) is 18.9 Å². The first-order valence-corrected chi connectivity index (χ1v) is 7.94. The third-order valence-electron chi connectivity index (χ3n) is 3.45. The molecule has 1 heterocycles. The summed E-state index contributed by atoms with van der Waals surface area (Å²) in [6.45, 7) is 0.923. The molecular formula is C17H19NOS. The van der Waals surface area contributed by atoms with Crippen LogP contribution in [0.5, 0.6) is 5.75 Å². The van der Waals surface area contributed by atoms with Gasteiger partial charge in [0.2, 0.25) is 0 Å². The Morgan fingerprint density at radius 1 is 1.15 bits per heavy atom. The fraction of sp³-hybridized carbons (Fsp3) is 0.294. The Bertz CT molecular complexity index is 542. The van der Waals surface area contributed by atoms with Crippen LogP contribution >= 0.6 is 11.8 Å². The molecule has 2 aromatic rings. The maximum atomic E-state index is 5.96. The lowest BCUT2D eigenvalue weighted by atomic mass is 10.1. The predicted molar refractivity (Wildman–Crippen MR) is 84.5 cm³/mol. The van der Waals surface area contributed by atoms with Crippen molar-refractivity contribution in [3.05, 3.63) is 59.7 Å². The van der Waals surface area contributed by atoms with Gasteiger partial charge in [0.15, 0.2) is 0 Å². The van der Waals surface area contributed by atoms with Gasteiger partial charge in [-0.1, -0.05) is 30.3 Å². The molecule has 3 rings (SSSR count). The van der Waals surface area contributed by atoms with E-state index in [4.69, 9.17) is 4.74 Å². The van der Waals surface area contributed by atoms with Crippen molar-refractivity contribution in [1.82, 2.24) is 5.32 Å². The minimum atomic E-state index is 0.300. The molecule has 104 valence electrons. The average Bonchev–Trinajstić information content (AvgIpc) is 2.90. The van der Waals surface area contributed by atoms with Crippen molar-refractivity contribution in [2.75, 3.05) is 12.8 Å². The molecule has 2 nitrogen and oxygen atoms in total. The molecule has 1 aliphatic heterocycles. The van der Waals surface area contributed by atoms with Crippen molar-refractivity contribution in [3.8, 4) is 5.75 Å². The summed E-state index contributed by atoms with van der Waals surface area (Å²) >= 11 is 1.87. The fourth-order valence-corrected chi connectivity index (χ4v) is 3.34. The molecule has 1 unspecified atom stereocenters. The minimum Gasteiger partial charge on any atom is -0.489 e. The van der Waals surface area contributed by atoms with Crippen molar-refractivity contribution in [3.63, 3.8) is 0 Å². The van der Waals surface area contributed by atoms with Crippen LogP contribution in [0.3, 0.4) is 0 Å². The number of thioether (sulfide) groups is 1. The van der Waals surface area contributed by atoms with Gasteiger partial charge in [-0.05, 0) is 36.4 Å². The number of para-hydroxylation sites is 1. The molecule has 0 saturated carbocycles. The number of ether oxygens (including phenoxy) is 1. The summed E-state index contributed by atoms with van der Waals surface area (Å²) in [4.78, 5) is 1.31. The largest absolute Gasteiger partial charge is 0.489 e. The number of hydrogen-bond donors (Lipinski definition) is 1. The number of rotatable bonds is 5. The highest BCUT2D eigenvalue weighted by Gasteiger charge is 2.22. The van der Waals surface area contributed by atoms with Gasteiger partial charge in [0, 0.05) is 23.6 Å². The summed E-state index contributed by atoms with van der Waals surface area (Å²) in [5.41, 5.74) is 2.66. The summed E-state index contributed by atoms with van der Waals surface area (Å²) in [6, 6.07) is 17.1. The first-order valence-electron chi connectivity index (χ1n) is 6.96. The maximum Gasteiger partial charge on any atom is 0.123 e. The number of nitrogens with one attached hydrogen (secondary N) is 1. The van der Waals surface area contributed by atoms with E-state index in [-0.39, 0.29) is 0 Å². The molecule has 0 aromatic heterocycles. The van der Waals surface area contributed by atoms with Gasteiger partial charge in [-0.2, -0.15) is 0 Å². The van der Waals surface area contributed by atoms with Crippen LogP contribution in [0.25, 0.3) is 0 Å². The number of fused-ring (bicyclic) bond motifs is 1. The van der Waals surface area contributed by atoms with E-state index in [0.29, 0.717) is 6.10 Å². The SMILES string of the molecule is CNCc1ccc(SCC2Cc3ccccc3O2)cc1. The van der Waals surface area contributed by atoms with Crippen LogP contribution in [0.4, 0.5) is 0 Å². The monoisotopic (exact) mass is 285 g/mol. The second-order valence-corrected chi connectivity index (χ2v) is 6.13. The second kappa shape index (κ2) is 6.33. The van der Waals surface area contributed by atoms with Crippen LogP contribution in [0.2, 0.25) is 0 Å². The molecule has 3 heteroatoms. The molecule has 0 amide bonds. The van der Waals surface area contributed by atoms with Crippen LogP contribution < -0.4 is 10.1 Å². The quantitative estimate of drug-likeness (QED) is 0.850. The zero-order chi connectivity index (χ0) is 13.8. The van der Waals surface area contributed by atoms with Crippen LogP contribution in [0.1, 0.15) is 11.1 Å². The normalized spacial score (nSPS) is 16.8. The summed E-state index contributed by atoms with van der Waals surface area (Å²) in [6.07, 6.45) is 1.33. The molecule has 1 N–H and O–H groups in total. The van der Waals surface area contributed by atoms with Gasteiger partial charge in [0.25, 0.3) is 0 Å². The van der Waals surface area contributed by atoms with E-state index in [9.17, 15) is 0 Å². The Labute approximate surface area is 124 Å². The zero-order valence-corrected chi connectivity index (χ0v) is 12.5. The molecule has 0 saturated heterocycles. The van der Waals surface area contributed by atoms with Crippen LogP contribution in [-0.2, 0) is 13.0 Å². The molecule has 0 fully saturated rings. The molecule has 20 heavy (non-hydrogen) atoms. The maximum absolute atomic E-state index is 5.96. The molecule has 0 aliphatic carbocycles. The van der Waals surface area contributed by atoms with E-state index in [2.05, 4.69) is 47.8 Å². The van der Waals surface area contributed by atoms with Gasteiger partial charge in [-0.25, -0.2) is 0 Å². The third kappa shape index (κ3) is 3.17. The highest BCUT2D eigenvalue weighted by molar-refractivity contribution is 7.99. The van der Waals surface area contributed by atoms with Crippen molar-refractivity contribution >= 4 is 11.8 Å². The summed E-state index contributed by atoms with van der Waals surface area (Å²) in [7, 11) is 1.97. The van der Waals surface area contributed by atoms with E-state index < -0.39 is 0 Å². The summed E-state index contributed by atoms with van der Waals surface area (Å²) < 4.78 is 5.96. The van der Waals surface area contributed by atoms with Gasteiger partial charge in [-0.15, -0.1) is 11.8 Å². The fourth-order valence-electron chi connectivity index (χ4n) is 2.44. The van der Waals surface area contributed by atoms with E-state index >= 15 is 0 Å². The Balaban J connectivity index is 1.53. The molecule has 1 aliphatic rings. The number of benzene rings is 2. The highest BCUT2D eigenvalue weighted by atomic mass is 32.2. The van der Waals surface area contributed by atoms with Gasteiger partial charge in [0.05, 0.1) is 0 Å². The van der Waals surface area contributed by atoms with Crippen molar-refractivity contribution in [2.24, 2.45) is 0 Å². The lowest BCUT2D eigenvalue weighted by Crippen LogP contribution is -2.15. The average molecular weight is 285 g/mol. The van der Waals surface area contributed by atoms with Gasteiger partial charge >= 0.3 is 0 Å². The Hall–Kier alpha value is -1.45. The molecule has 0 radical (unpaired) electrons. The van der Waals surface area contributed by atoms with Crippen LogP contribution in [0.15, 0.2) is 53.4 Å². The van der Waals surface area contributed by atoms with Gasteiger partial charge < -0.3 is 10.1 Å². The minimum absolute atomic E-state index is 0.300. The van der Waals surface area contributed by atoms with E-state index in [0.717, 1.165) is 24.5 Å². The highest BCUT2D eigenvalue weighted by Crippen LogP contribution is 2.31. The smallest absolute Gasteiger partial charge is 0.123 e. The van der Waals surface area contributed by atoms with Crippen molar-refractivity contribution < 1.29 is 4.74 Å². The predicted octanol–water partition coefficient (Wildman–Crippen LogP) is 3.50. The van der Waals surface area contributed by atoms with Crippen molar-refractivity contribution in [2.45, 2.75) is 24.0 Å². The molecule has 0 spiro atoms. The van der Waals surface area contributed by atoms with Gasteiger partial charge in [0.1, 0.15) is 11.9 Å². The zero-order valence-electron chi connectivity index (χ0n) is 11.6. The first-order chi connectivity index (χ1) is 9.85. The van der Waals surface area contributed by atoms with E-state index in [1.807, 2.05) is 24.9 Å². The first kappa shape index (κ1) is 13.5.